The summed E-state index contributed by atoms with van der Waals surface area (Å²) in [7, 11) is 1.60. The van der Waals surface area contributed by atoms with Gasteiger partial charge in [0, 0.05) is 25.9 Å². The maximum atomic E-state index is 12.9. The van der Waals surface area contributed by atoms with Crippen LogP contribution in [0.3, 0.4) is 0 Å². The number of carbonyl (C=O) groups is 1. The Morgan fingerprint density at radius 3 is 2.67 bits per heavy atom. The molecule has 0 atom stereocenters. The zero-order valence-corrected chi connectivity index (χ0v) is 18.3. The molecule has 2 aliphatic rings. The zero-order valence-electron chi connectivity index (χ0n) is 18.3. The highest BCUT2D eigenvalue weighted by Crippen LogP contribution is 2.41. The van der Waals surface area contributed by atoms with Gasteiger partial charge in [-0.05, 0) is 30.3 Å². The van der Waals surface area contributed by atoms with Gasteiger partial charge in [-0.2, -0.15) is 5.10 Å². The van der Waals surface area contributed by atoms with Gasteiger partial charge < -0.3 is 14.4 Å². The number of para-hydroxylation sites is 1. The predicted octanol–water partition coefficient (Wildman–Crippen LogP) is 3.83. The van der Waals surface area contributed by atoms with Crippen molar-refractivity contribution >= 4 is 22.6 Å². The minimum Gasteiger partial charge on any atom is -0.497 e. The molecule has 0 amide bonds. The van der Waals surface area contributed by atoms with Gasteiger partial charge in [0.1, 0.15) is 29.2 Å². The number of Topliss-reactive ketones (excluding diaryl/α,β-unsaturated/α-hetero) is 1. The molecule has 0 N–H and O–H groups in total. The molecule has 4 aromatic rings. The van der Waals surface area contributed by atoms with Crippen LogP contribution in [0.5, 0.6) is 11.5 Å². The Hall–Kier alpha value is -3.94. The van der Waals surface area contributed by atoms with Gasteiger partial charge in [-0.15, -0.1) is 0 Å². The van der Waals surface area contributed by atoms with Crippen LogP contribution in [0.25, 0.3) is 16.7 Å². The Balaban J connectivity index is 1.25. The number of benzene rings is 2. The molecule has 6 rings (SSSR count). The van der Waals surface area contributed by atoms with Gasteiger partial charge in [0.05, 0.1) is 36.4 Å². The highest BCUT2D eigenvalue weighted by atomic mass is 16.5. The van der Waals surface area contributed by atoms with Gasteiger partial charge in [0.15, 0.2) is 11.4 Å². The number of rotatable bonds is 3. The van der Waals surface area contributed by atoms with E-state index in [0.29, 0.717) is 23.5 Å². The first kappa shape index (κ1) is 19.7. The second-order valence-corrected chi connectivity index (χ2v) is 8.56. The second-order valence-electron chi connectivity index (χ2n) is 8.56. The third-order valence-electron chi connectivity index (χ3n) is 6.62. The maximum Gasteiger partial charge on any atom is 0.170 e. The monoisotopic (exact) mass is 441 g/mol. The van der Waals surface area contributed by atoms with E-state index in [0.717, 1.165) is 48.5 Å². The molecular weight excluding hydrogens is 418 g/mol. The number of piperidine rings is 1. The summed E-state index contributed by atoms with van der Waals surface area (Å²) >= 11 is 0. The Kier molecular flexibility index (Phi) is 4.53. The lowest BCUT2D eigenvalue weighted by molar-refractivity contribution is 0.0230. The fourth-order valence-electron chi connectivity index (χ4n) is 4.85. The Morgan fingerprint density at radius 1 is 1.06 bits per heavy atom. The SMILES string of the molecule is COc1ccc2c(c1)C(=O)CC1(CCN(c3ncnc4c3cnn4-c3ccccc3)CC1)O2. The molecule has 1 spiro atoms. The number of nitrogens with zero attached hydrogens (tertiary/aromatic N) is 5. The molecule has 2 aromatic heterocycles. The molecule has 33 heavy (non-hydrogen) atoms. The number of methoxy groups -OCH3 is 1. The summed E-state index contributed by atoms with van der Waals surface area (Å²) < 4.78 is 13.5. The van der Waals surface area contributed by atoms with Crippen molar-refractivity contribution in [2.45, 2.75) is 24.9 Å². The number of ether oxygens (including phenoxy) is 2. The summed E-state index contributed by atoms with van der Waals surface area (Å²) in [6.07, 6.45) is 5.27. The smallest absolute Gasteiger partial charge is 0.170 e. The van der Waals surface area contributed by atoms with Crippen LogP contribution in [0.2, 0.25) is 0 Å². The molecule has 1 saturated heterocycles. The second kappa shape index (κ2) is 7.58. The lowest BCUT2D eigenvalue weighted by atomic mass is 9.82. The molecule has 2 aromatic carbocycles. The number of fused-ring (bicyclic) bond motifs is 2. The van der Waals surface area contributed by atoms with Crippen LogP contribution >= 0.6 is 0 Å². The van der Waals surface area contributed by atoms with Crippen molar-refractivity contribution in [3.63, 3.8) is 0 Å². The van der Waals surface area contributed by atoms with Gasteiger partial charge in [0.2, 0.25) is 0 Å². The number of hydrogen-bond donors (Lipinski definition) is 0. The molecule has 0 saturated carbocycles. The van der Waals surface area contributed by atoms with E-state index in [2.05, 4.69) is 20.0 Å². The van der Waals surface area contributed by atoms with Crippen molar-refractivity contribution in [1.29, 1.82) is 0 Å². The molecule has 1 fully saturated rings. The van der Waals surface area contributed by atoms with Crippen LogP contribution in [0.15, 0.2) is 61.1 Å². The molecule has 4 heterocycles. The molecule has 0 bridgehead atoms. The van der Waals surface area contributed by atoms with Crippen LogP contribution in [-0.4, -0.2) is 51.3 Å². The normalized spacial score (nSPS) is 17.1. The van der Waals surface area contributed by atoms with Crippen molar-refractivity contribution in [2.75, 3.05) is 25.1 Å². The average molecular weight is 441 g/mol. The van der Waals surface area contributed by atoms with Crippen molar-refractivity contribution in [1.82, 2.24) is 19.7 Å². The van der Waals surface area contributed by atoms with Crippen molar-refractivity contribution in [3.8, 4) is 17.2 Å². The van der Waals surface area contributed by atoms with Crippen molar-refractivity contribution in [2.24, 2.45) is 0 Å². The van der Waals surface area contributed by atoms with E-state index in [1.165, 1.54) is 0 Å². The first-order valence-corrected chi connectivity index (χ1v) is 11.1. The van der Waals surface area contributed by atoms with Gasteiger partial charge >= 0.3 is 0 Å². The lowest BCUT2D eigenvalue weighted by Crippen LogP contribution is -2.51. The first-order valence-electron chi connectivity index (χ1n) is 11.1. The van der Waals surface area contributed by atoms with E-state index in [-0.39, 0.29) is 5.78 Å². The van der Waals surface area contributed by atoms with E-state index in [4.69, 9.17) is 9.47 Å². The largest absolute Gasteiger partial charge is 0.497 e. The fraction of sp³-hybridized carbons (Fsp3) is 0.280. The number of ketones is 1. The Bertz CT molecular complexity index is 1340. The topological polar surface area (TPSA) is 82.4 Å². The molecule has 0 radical (unpaired) electrons. The third kappa shape index (κ3) is 3.29. The predicted molar refractivity (Wildman–Crippen MR) is 123 cm³/mol. The molecule has 8 nitrogen and oxygen atoms in total. The van der Waals surface area contributed by atoms with Crippen molar-refractivity contribution in [3.05, 3.63) is 66.6 Å². The number of carbonyl (C=O) groups excluding carboxylic acids is 1. The molecule has 2 aliphatic heterocycles. The fourth-order valence-corrected chi connectivity index (χ4v) is 4.85. The lowest BCUT2D eigenvalue weighted by Gasteiger charge is -2.44. The van der Waals surface area contributed by atoms with Crippen LogP contribution in [0.4, 0.5) is 5.82 Å². The van der Waals surface area contributed by atoms with E-state index in [1.807, 2.05) is 53.3 Å². The molecular formula is C25H23N5O3. The van der Waals surface area contributed by atoms with E-state index in [9.17, 15) is 4.79 Å². The van der Waals surface area contributed by atoms with Gasteiger partial charge in [0.25, 0.3) is 0 Å². The van der Waals surface area contributed by atoms with Gasteiger partial charge in [-0.1, -0.05) is 18.2 Å². The van der Waals surface area contributed by atoms with Crippen LogP contribution in [0, 0.1) is 0 Å². The van der Waals surface area contributed by atoms with Gasteiger partial charge in [-0.3, -0.25) is 4.79 Å². The summed E-state index contributed by atoms with van der Waals surface area (Å²) in [4.78, 5) is 24.2. The average Bonchev–Trinajstić information content (AvgIpc) is 3.29. The van der Waals surface area contributed by atoms with E-state index >= 15 is 0 Å². The molecule has 166 valence electrons. The molecule has 0 unspecified atom stereocenters. The zero-order chi connectivity index (χ0) is 22.4. The summed E-state index contributed by atoms with van der Waals surface area (Å²) in [6.45, 7) is 1.47. The minimum atomic E-state index is -0.477. The summed E-state index contributed by atoms with van der Waals surface area (Å²) in [6, 6.07) is 15.4. The standard InChI is InChI=1S/C25H23N5O3/c1-32-18-7-8-22-19(13-18)21(31)14-25(33-22)9-11-29(12-10-25)23-20-15-28-30(24(20)27-16-26-23)17-5-3-2-4-6-17/h2-8,13,15-16H,9-12,14H2,1H3. The number of hydrogen-bond acceptors (Lipinski definition) is 7. The Labute approximate surface area is 190 Å². The summed E-state index contributed by atoms with van der Waals surface area (Å²) in [5, 5.41) is 5.47. The van der Waals surface area contributed by atoms with Crippen molar-refractivity contribution < 1.29 is 14.3 Å². The Morgan fingerprint density at radius 2 is 1.88 bits per heavy atom. The summed E-state index contributed by atoms with van der Waals surface area (Å²) in [5.74, 6) is 2.29. The van der Waals surface area contributed by atoms with E-state index in [1.54, 1.807) is 19.5 Å². The van der Waals surface area contributed by atoms with E-state index < -0.39 is 5.60 Å². The molecule has 8 heteroatoms. The first-order chi connectivity index (χ1) is 16.2. The highest BCUT2D eigenvalue weighted by Gasteiger charge is 2.43. The van der Waals surface area contributed by atoms with Gasteiger partial charge in [-0.25, -0.2) is 14.6 Å². The molecule has 0 aliphatic carbocycles. The van der Waals surface area contributed by atoms with Crippen LogP contribution in [0.1, 0.15) is 29.6 Å². The quantitative estimate of drug-likeness (QED) is 0.478. The third-order valence-corrected chi connectivity index (χ3v) is 6.62. The minimum absolute atomic E-state index is 0.108. The number of aromatic nitrogens is 4. The summed E-state index contributed by atoms with van der Waals surface area (Å²) in [5.41, 5.74) is 1.86. The van der Waals surface area contributed by atoms with Crippen LogP contribution < -0.4 is 14.4 Å². The number of anilines is 1. The highest BCUT2D eigenvalue weighted by molar-refractivity contribution is 6.00. The van der Waals surface area contributed by atoms with Crippen LogP contribution in [-0.2, 0) is 0 Å². The maximum absolute atomic E-state index is 12.9.